The summed E-state index contributed by atoms with van der Waals surface area (Å²) in [5.74, 6) is 1.33. The van der Waals surface area contributed by atoms with E-state index in [2.05, 4.69) is 0 Å². The van der Waals surface area contributed by atoms with Crippen LogP contribution in [0.25, 0.3) is 0 Å². The van der Waals surface area contributed by atoms with Crippen LogP contribution in [0.3, 0.4) is 0 Å². The number of ether oxygens (including phenoxy) is 3. The van der Waals surface area contributed by atoms with Crippen LogP contribution in [0, 0.1) is 0 Å². The average Bonchev–Trinajstić information content (AvgIpc) is 2.44. The van der Waals surface area contributed by atoms with E-state index in [4.69, 9.17) is 14.2 Å². The molecule has 0 saturated heterocycles. The summed E-state index contributed by atoms with van der Waals surface area (Å²) in [5.41, 5.74) is 1.66. The second kappa shape index (κ2) is 5.00. The zero-order valence-corrected chi connectivity index (χ0v) is 10.6. The quantitative estimate of drug-likeness (QED) is 0.807. The van der Waals surface area contributed by atoms with E-state index < -0.39 is 6.09 Å². The third kappa shape index (κ3) is 1.99. The molecule has 0 spiro atoms. The minimum absolute atomic E-state index is 0.442. The first kappa shape index (κ1) is 12.3. The van der Waals surface area contributed by atoms with Crippen molar-refractivity contribution in [2.45, 2.75) is 6.42 Å². The van der Waals surface area contributed by atoms with Gasteiger partial charge < -0.3 is 14.2 Å². The fourth-order valence-corrected chi connectivity index (χ4v) is 1.94. The number of allylic oxidation sites excluding steroid dienone is 1. The molecule has 0 aromatic heterocycles. The molecule has 1 aliphatic heterocycles. The Morgan fingerprint density at radius 1 is 1.22 bits per heavy atom. The number of fused-ring (bicyclic) bond motifs is 1. The highest BCUT2D eigenvalue weighted by atomic mass is 16.5. The molecule has 1 aromatic carbocycles. The van der Waals surface area contributed by atoms with Gasteiger partial charge >= 0.3 is 6.09 Å². The van der Waals surface area contributed by atoms with E-state index in [1.165, 1.54) is 12.0 Å². The number of nitrogens with zero attached hydrogens (tertiary/aromatic N) is 1. The molecule has 18 heavy (non-hydrogen) atoms. The smallest absolute Gasteiger partial charge is 0.418 e. The van der Waals surface area contributed by atoms with Crippen molar-refractivity contribution >= 4 is 11.8 Å². The van der Waals surface area contributed by atoms with Gasteiger partial charge in [0.15, 0.2) is 0 Å². The lowest BCUT2D eigenvalue weighted by Crippen LogP contribution is -2.28. The number of hydrogen-bond acceptors (Lipinski definition) is 4. The molecule has 0 saturated carbocycles. The van der Waals surface area contributed by atoms with Crippen LogP contribution in [0.4, 0.5) is 10.5 Å². The van der Waals surface area contributed by atoms with Crippen molar-refractivity contribution in [3.05, 3.63) is 30.0 Å². The first-order valence-electron chi connectivity index (χ1n) is 5.50. The molecule has 0 atom stereocenters. The molecule has 1 aromatic rings. The number of rotatable bonds is 2. The first-order valence-corrected chi connectivity index (χ1v) is 5.50. The van der Waals surface area contributed by atoms with Crippen LogP contribution >= 0.6 is 0 Å². The molecular weight excluding hydrogens is 234 g/mol. The Morgan fingerprint density at radius 2 is 2.00 bits per heavy atom. The maximum absolute atomic E-state index is 11.7. The number of anilines is 1. The third-order valence-corrected chi connectivity index (χ3v) is 2.82. The third-order valence-electron chi connectivity index (χ3n) is 2.82. The van der Waals surface area contributed by atoms with Crippen LogP contribution < -0.4 is 14.4 Å². The van der Waals surface area contributed by atoms with Gasteiger partial charge in [0.25, 0.3) is 0 Å². The topological polar surface area (TPSA) is 48.0 Å². The predicted molar refractivity (Wildman–Crippen MR) is 67.3 cm³/mol. The Kier molecular flexibility index (Phi) is 3.41. The largest absolute Gasteiger partial charge is 0.497 e. The summed E-state index contributed by atoms with van der Waals surface area (Å²) < 4.78 is 15.3. The Bertz CT molecular complexity index is 496. The maximum Gasteiger partial charge on any atom is 0.418 e. The molecule has 5 heteroatoms. The maximum atomic E-state index is 11.7. The van der Waals surface area contributed by atoms with Gasteiger partial charge in [-0.3, -0.25) is 4.90 Å². The summed E-state index contributed by atoms with van der Waals surface area (Å²) in [6, 6.07) is 3.59. The normalized spacial score (nSPS) is 12.9. The number of carbonyl (C=O) groups is 1. The van der Waals surface area contributed by atoms with Crippen molar-refractivity contribution in [1.29, 1.82) is 0 Å². The van der Waals surface area contributed by atoms with Gasteiger partial charge in [-0.2, -0.15) is 0 Å². The molecule has 1 heterocycles. The SMILES string of the molecule is COC(=O)N1C=CCc2c(OC)cc(OC)cc21. The van der Waals surface area contributed by atoms with Crippen LogP contribution in [-0.4, -0.2) is 27.4 Å². The summed E-state index contributed by atoms with van der Waals surface area (Å²) in [4.78, 5) is 13.1. The Hall–Kier alpha value is -2.17. The molecule has 0 radical (unpaired) electrons. The molecule has 0 fully saturated rings. The zero-order chi connectivity index (χ0) is 13.1. The van der Waals surface area contributed by atoms with Crippen molar-refractivity contribution in [3.63, 3.8) is 0 Å². The summed E-state index contributed by atoms with van der Waals surface area (Å²) in [7, 11) is 4.51. The van der Waals surface area contributed by atoms with Crippen LogP contribution in [0.2, 0.25) is 0 Å². The molecule has 96 valence electrons. The number of hydrogen-bond donors (Lipinski definition) is 0. The van der Waals surface area contributed by atoms with Gasteiger partial charge in [0, 0.05) is 23.9 Å². The molecule has 0 unspecified atom stereocenters. The second-order valence-electron chi connectivity index (χ2n) is 3.76. The highest BCUT2D eigenvalue weighted by molar-refractivity contribution is 5.92. The Labute approximate surface area is 106 Å². The van der Waals surface area contributed by atoms with Crippen molar-refractivity contribution in [1.82, 2.24) is 0 Å². The highest BCUT2D eigenvalue weighted by Gasteiger charge is 2.23. The van der Waals surface area contributed by atoms with Crippen molar-refractivity contribution in [2.24, 2.45) is 0 Å². The van der Waals surface area contributed by atoms with Gasteiger partial charge in [0.2, 0.25) is 0 Å². The summed E-state index contributed by atoms with van der Waals surface area (Å²) in [6.45, 7) is 0. The van der Waals surface area contributed by atoms with Gasteiger partial charge in [-0.1, -0.05) is 6.08 Å². The summed E-state index contributed by atoms with van der Waals surface area (Å²) in [5, 5.41) is 0. The van der Waals surface area contributed by atoms with E-state index in [-0.39, 0.29) is 0 Å². The monoisotopic (exact) mass is 249 g/mol. The average molecular weight is 249 g/mol. The molecule has 0 aliphatic carbocycles. The predicted octanol–water partition coefficient (Wildman–Crippen LogP) is 2.35. The standard InChI is InChI=1S/C13H15NO4/c1-16-9-7-11-10(12(8-9)17-2)5-4-6-14(11)13(15)18-3/h4,6-8H,5H2,1-3H3. The van der Waals surface area contributed by atoms with Crippen LogP contribution in [0.5, 0.6) is 11.5 Å². The van der Waals surface area contributed by atoms with Crippen molar-refractivity contribution < 1.29 is 19.0 Å². The molecule has 2 rings (SSSR count). The highest BCUT2D eigenvalue weighted by Crippen LogP contribution is 2.37. The van der Waals surface area contributed by atoms with E-state index in [1.54, 1.807) is 32.6 Å². The fraction of sp³-hybridized carbons (Fsp3) is 0.308. The van der Waals surface area contributed by atoms with E-state index in [0.717, 1.165) is 11.3 Å². The molecule has 1 aliphatic rings. The molecule has 0 N–H and O–H groups in total. The molecular formula is C13H15NO4. The van der Waals surface area contributed by atoms with E-state index in [0.29, 0.717) is 17.9 Å². The Morgan fingerprint density at radius 3 is 2.61 bits per heavy atom. The number of methoxy groups -OCH3 is 3. The number of benzene rings is 1. The van der Waals surface area contributed by atoms with E-state index in [1.807, 2.05) is 6.08 Å². The van der Waals surface area contributed by atoms with Gasteiger partial charge in [0.1, 0.15) is 11.5 Å². The second-order valence-corrected chi connectivity index (χ2v) is 3.76. The number of amides is 1. The van der Waals surface area contributed by atoms with E-state index >= 15 is 0 Å². The minimum atomic E-state index is -0.442. The van der Waals surface area contributed by atoms with E-state index in [9.17, 15) is 4.79 Å². The van der Waals surface area contributed by atoms with Crippen LogP contribution in [0.1, 0.15) is 5.56 Å². The van der Waals surface area contributed by atoms with Gasteiger partial charge in [0.05, 0.1) is 27.0 Å². The van der Waals surface area contributed by atoms with Gasteiger partial charge in [-0.05, 0) is 6.42 Å². The number of carbonyl (C=O) groups excluding carboxylic acids is 1. The fourth-order valence-electron chi connectivity index (χ4n) is 1.94. The lowest BCUT2D eigenvalue weighted by molar-refractivity contribution is 0.181. The Balaban J connectivity index is 2.54. The van der Waals surface area contributed by atoms with Crippen LogP contribution in [-0.2, 0) is 11.2 Å². The molecule has 5 nitrogen and oxygen atoms in total. The zero-order valence-electron chi connectivity index (χ0n) is 10.6. The van der Waals surface area contributed by atoms with Crippen molar-refractivity contribution in [3.8, 4) is 11.5 Å². The molecule has 0 bridgehead atoms. The summed E-state index contributed by atoms with van der Waals surface area (Å²) in [6.07, 6.45) is 3.83. The van der Waals surface area contributed by atoms with Crippen LogP contribution in [0.15, 0.2) is 24.4 Å². The molecule has 1 amide bonds. The summed E-state index contributed by atoms with van der Waals surface area (Å²) >= 11 is 0. The minimum Gasteiger partial charge on any atom is -0.497 e. The lowest BCUT2D eigenvalue weighted by atomic mass is 10.0. The van der Waals surface area contributed by atoms with Gasteiger partial charge in [-0.15, -0.1) is 0 Å². The lowest BCUT2D eigenvalue weighted by Gasteiger charge is -2.25. The van der Waals surface area contributed by atoms with Crippen molar-refractivity contribution in [2.75, 3.05) is 26.2 Å². The first-order chi connectivity index (χ1) is 8.71. The van der Waals surface area contributed by atoms with Gasteiger partial charge in [-0.25, -0.2) is 4.79 Å².